The molecule has 0 fully saturated rings. The summed E-state index contributed by atoms with van der Waals surface area (Å²) in [6.07, 6.45) is 6.92. The fourth-order valence-electron chi connectivity index (χ4n) is 6.63. The smallest absolute Gasteiger partial charge is 0.407 e. The fraction of sp³-hybridized carbons (Fsp3) is 0.653. The van der Waals surface area contributed by atoms with Crippen LogP contribution in [0.1, 0.15) is 133 Å². The zero-order valence-corrected chi connectivity index (χ0v) is 41.4. The number of halogens is 2. The fourth-order valence-corrected chi connectivity index (χ4v) is 6.63. The first-order valence-corrected chi connectivity index (χ1v) is 22.4. The summed E-state index contributed by atoms with van der Waals surface area (Å²) in [6, 6.07) is 6.59. The van der Waals surface area contributed by atoms with Crippen molar-refractivity contribution in [3.63, 3.8) is 0 Å². The van der Waals surface area contributed by atoms with Crippen LogP contribution in [-0.4, -0.2) is 88.3 Å². The van der Waals surface area contributed by atoms with Gasteiger partial charge in [-0.3, -0.25) is 14.4 Å². The Morgan fingerprint density at radius 1 is 0.554 bits per heavy atom. The number of hydrogen-bond donors (Lipinski definition) is 4. The van der Waals surface area contributed by atoms with Crippen molar-refractivity contribution >= 4 is 30.1 Å². The van der Waals surface area contributed by atoms with Crippen molar-refractivity contribution in [1.29, 1.82) is 0 Å². The molecule has 0 radical (unpaired) electrons. The first kappa shape index (κ1) is 60.2. The van der Waals surface area contributed by atoms with Gasteiger partial charge in [-0.25, -0.2) is 18.4 Å². The van der Waals surface area contributed by atoms with Crippen molar-refractivity contribution in [2.45, 2.75) is 157 Å². The summed E-state index contributed by atoms with van der Waals surface area (Å²) < 4.78 is 51.9. The minimum Gasteiger partial charge on any atom is -0.469 e. The van der Waals surface area contributed by atoms with E-state index in [9.17, 15) is 32.8 Å². The van der Waals surface area contributed by atoms with Crippen LogP contribution in [0.15, 0.2) is 24.3 Å². The van der Waals surface area contributed by atoms with Gasteiger partial charge in [0.15, 0.2) is 0 Å². The second-order valence-corrected chi connectivity index (χ2v) is 18.2. The molecule has 2 amide bonds. The molecule has 2 aromatic rings. The Hall–Kier alpha value is -4.83. The third-order valence-electron chi connectivity index (χ3n) is 9.79. The molecule has 0 bridgehead atoms. The molecule has 16 heteroatoms. The van der Waals surface area contributed by atoms with Gasteiger partial charge in [0.25, 0.3) is 0 Å². The quantitative estimate of drug-likeness (QED) is 0.0528. The number of methoxy groups -OCH3 is 3. The number of nitrogens with two attached hydrogens (primary N) is 2. The highest BCUT2D eigenvalue weighted by Gasteiger charge is 2.22. The number of carbonyl (C=O) groups excluding carboxylic acids is 5. The van der Waals surface area contributed by atoms with E-state index >= 15 is 0 Å². The van der Waals surface area contributed by atoms with Crippen molar-refractivity contribution in [3.8, 4) is 0 Å². The number of rotatable bonds is 21. The zero-order chi connectivity index (χ0) is 49.9. The number of nitrogens with one attached hydrogen (secondary N) is 2. The lowest BCUT2D eigenvalue weighted by molar-refractivity contribution is -0.146. The van der Waals surface area contributed by atoms with E-state index in [0.717, 1.165) is 56.1 Å². The maximum absolute atomic E-state index is 13.8. The first-order valence-electron chi connectivity index (χ1n) is 22.4. The maximum Gasteiger partial charge on any atom is 0.407 e. The van der Waals surface area contributed by atoms with E-state index in [-0.39, 0.29) is 35.4 Å². The van der Waals surface area contributed by atoms with Gasteiger partial charge < -0.3 is 45.8 Å². The predicted octanol–water partition coefficient (Wildman–Crippen LogP) is 8.55. The van der Waals surface area contributed by atoms with Crippen LogP contribution in [0.25, 0.3) is 0 Å². The summed E-state index contributed by atoms with van der Waals surface area (Å²) in [7, 11) is 4.09. The molecule has 2 aromatic carbocycles. The number of aryl methyl sites for hydroxylation is 4. The molecular weight excluding hydrogens is 843 g/mol. The number of hydrogen-bond acceptors (Lipinski definition) is 12. The van der Waals surface area contributed by atoms with Crippen LogP contribution in [0.4, 0.5) is 18.4 Å². The summed E-state index contributed by atoms with van der Waals surface area (Å²) in [5.74, 6) is -1.74. The Bertz CT molecular complexity index is 1730. The van der Waals surface area contributed by atoms with Crippen molar-refractivity contribution < 1.29 is 56.4 Å². The van der Waals surface area contributed by atoms with Crippen molar-refractivity contribution in [2.75, 3.05) is 41.0 Å². The number of unbranched alkanes of at least 4 members (excludes halogenated alkanes) is 3. The van der Waals surface area contributed by atoms with Crippen LogP contribution in [0.5, 0.6) is 0 Å². The van der Waals surface area contributed by atoms with Crippen LogP contribution in [0, 0.1) is 51.2 Å². The summed E-state index contributed by atoms with van der Waals surface area (Å²) in [4.78, 5) is 57.8. The number of alkyl carbamates (subject to hydrolysis) is 2. The number of esters is 3. The Morgan fingerprint density at radius 3 is 1.18 bits per heavy atom. The Morgan fingerprint density at radius 2 is 0.877 bits per heavy atom. The molecule has 14 nitrogen and oxygen atoms in total. The Kier molecular flexibility index (Phi) is 28.8. The van der Waals surface area contributed by atoms with Crippen LogP contribution in [0.2, 0.25) is 0 Å². The van der Waals surface area contributed by atoms with E-state index in [1.807, 2.05) is 41.5 Å². The van der Waals surface area contributed by atoms with Gasteiger partial charge in [-0.1, -0.05) is 37.1 Å². The average molecular weight is 923 g/mol. The van der Waals surface area contributed by atoms with E-state index in [1.165, 1.54) is 21.3 Å². The molecule has 6 N–H and O–H groups in total. The number of benzene rings is 2. The number of carbonyl (C=O) groups is 5. The van der Waals surface area contributed by atoms with Crippen molar-refractivity contribution in [3.05, 3.63) is 69.3 Å². The Labute approximate surface area is 386 Å². The Balaban J connectivity index is 0.000000971. The highest BCUT2D eigenvalue weighted by atomic mass is 19.1. The molecular formula is C49H80F2N4O10. The minimum absolute atomic E-state index is 0.175. The standard InChI is InChI=1S/C21H32FNO4.C16H24FNO2.C12H24N2O4/c1-14-11-16(12-15(2)18(14)22)13-17(19(24)26-6)9-7-8-10-23-20(25)27-21(3,4)5;1-11-8-13(9-12(2)15(11)17)10-14(16(19)20-3)6-4-5-7-18;1-12(2,3)18-11(16)14-8-6-5-7-9(13)10(15)17-4/h11-12,17H,7-10,13H2,1-6H3,(H,23,25);8-9,14H,4-7,10,18H2,1-3H3;9H,5-8,13H2,1-4H3,(H,14,16)/t17-;14-;9-/m001/s1. The third kappa shape index (κ3) is 27.3. The van der Waals surface area contributed by atoms with Crippen molar-refractivity contribution in [2.24, 2.45) is 23.3 Å². The van der Waals surface area contributed by atoms with Crippen LogP contribution < -0.4 is 22.1 Å². The molecule has 0 aliphatic rings. The lowest BCUT2D eigenvalue weighted by Crippen LogP contribution is -2.33. The summed E-state index contributed by atoms with van der Waals surface area (Å²) in [6.45, 7) is 19.4. The molecule has 0 aliphatic heterocycles. The van der Waals surface area contributed by atoms with Gasteiger partial charge in [-0.15, -0.1) is 0 Å². The van der Waals surface area contributed by atoms with Crippen molar-refractivity contribution in [1.82, 2.24) is 10.6 Å². The van der Waals surface area contributed by atoms with Gasteiger partial charge in [0.2, 0.25) is 0 Å². The zero-order valence-electron chi connectivity index (χ0n) is 41.4. The number of ether oxygens (including phenoxy) is 5. The van der Waals surface area contributed by atoms with Gasteiger partial charge in [0.05, 0.1) is 33.2 Å². The molecule has 370 valence electrons. The average Bonchev–Trinajstić information content (AvgIpc) is 3.21. The van der Waals surface area contributed by atoms with E-state index < -0.39 is 35.4 Å². The molecule has 65 heavy (non-hydrogen) atoms. The lowest BCUT2D eigenvalue weighted by atomic mass is 9.92. The monoisotopic (exact) mass is 923 g/mol. The molecule has 0 aliphatic carbocycles. The highest BCUT2D eigenvalue weighted by Crippen LogP contribution is 2.23. The van der Waals surface area contributed by atoms with Gasteiger partial charge in [0, 0.05) is 13.1 Å². The molecule has 0 unspecified atom stereocenters. The largest absolute Gasteiger partial charge is 0.469 e. The summed E-state index contributed by atoms with van der Waals surface area (Å²) in [5, 5.41) is 5.35. The first-order chi connectivity index (χ1) is 30.3. The van der Waals surface area contributed by atoms with E-state index in [0.29, 0.717) is 67.6 Å². The van der Waals surface area contributed by atoms with E-state index in [4.69, 9.17) is 30.4 Å². The molecule has 0 saturated heterocycles. The highest BCUT2D eigenvalue weighted by molar-refractivity contribution is 5.75. The van der Waals surface area contributed by atoms with E-state index in [2.05, 4.69) is 15.4 Å². The SMILES string of the molecule is COC(=O)[C@@H](CCCCN)Cc1cc(C)c(F)c(C)c1.COC(=O)[C@@H](CCCCNC(=O)OC(C)(C)C)Cc1cc(C)c(F)c(C)c1.COC(=O)[C@H](N)CCCCNC(=O)OC(C)(C)C. The molecule has 2 rings (SSSR count). The molecule has 0 aromatic heterocycles. The van der Waals surface area contributed by atoms with E-state index in [1.54, 1.807) is 52.0 Å². The van der Waals surface area contributed by atoms with Crippen LogP contribution in [0.3, 0.4) is 0 Å². The molecule has 0 spiro atoms. The van der Waals surface area contributed by atoms with Gasteiger partial charge in [-0.2, -0.15) is 0 Å². The molecule has 0 saturated carbocycles. The predicted molar refractivity (Wildman–Crippen MR) is 249 cm³/mol. The minimum atomic E-state index is -0.587. The second-order valence-electron chi connectivity index (χ2n) is 18.2. The summed E-state index contributed by atoms with van der Waals surface area (Å²) >= 11 is 0. The maximum atomic E-state index is 13.8. The van der Waals surface area contributed by atoms with Gasteiger partial charge in [-0.05, 0) is 167 Å². The molecule has 3 atom stereocenters. The topological polar surface area (TPSA) is 208 Å². The van der Waals surface area contributed by atoms with Gasteiger partial charge >= 0.3 is 30.1 Å². The third-order valence-corrected chi connectivity index (χ3v) is 9.79. The van der Waals surface area contributed by atoms with Crippen LogP contribution >= 0.6 is 0 Å². The van der Waals surface area contributed by atoms with Gasteiger partial charge in [0.1, 0.15) is 28.9 Å². The molecule has 0 heterocycles. The normalized spacial score (nSPS) is 12.4. The second kappa shape index (κ2) is 31.2. The summed E-state index contributed by atoms with van der Waals surface area (Å²) in [5.41, 5.74) is 14.3. The number of amides is 2. The van der Waals surface area contributed by atoms with Crippen LogP contribution in [-0.2, 0) is 50.9 Å². The lowest BCUT2D eigenvalue weighted by Gasteiger charge is -2.20.